The van der Waals surface area contributed by atoms with Crippen molar-refractivity contribution in [3.8, 4) is 0 Å². The number of rotatable bonds is 1. The van der Waals surface area contributed by atoms with E-state index in [1.807, 2.05) is 0 Å². The first kappa shape index (κ1) is 8.17. The third-order valence-corrected chi connectivity index (χ3v) is 3.15. The minimum atomic E-state index is 0.686. The van der Waals surface area contributed by atoms with Gasteiger partial charge in [-0.3, -0.25) is 0 Å². The first-order chi connectivity index (χ1) is 5.86. The van der Waals surface area contributed by atoms with Crippen LogP contribution in [0.4, 0.5) is 0 Å². The lowest BCUT2D eigenvalue weighted by atomic mass is 9.88. The van der Waals surface area contributed by atoms with Crippen molar-refractivity contribution >= 4 is 17.8 Å². The average Bonchev–Trinajstić information content (AvgIpc) is 2.54. The molecule has 2 nitrogen and oxygen atoms in total. The van der Waals surface area contributed by atoms with Gasteiger partial charge in [-0.2, -0.15) is 0 Å². The standard InChI is InChI=1S/C9H14N2S/c1-7-10-9(11-12-7)8-5-3-2-4-6-8/h8H,1-6H2,(H,10,11). The van der Waals surface area contributed by atoms with Crippen LogP contribution in [-0.4, -0.2) is 5.84 Å². The Morgan fingerprint density at radius 2 is 2.08 bits per heavy atom. The van der Waals surface area contributed by atoms with Gasteiger partial charge in [-0.05, 0) is 12.8 Å². The van der Waals surface area contributed by atoms with E-state index < -0.39 is 0 Å². The van der Waals surface area contributed by atoms with Crippen LogP contribution in [0.25, 0.3) is 0 Å². The molecule has 1 heterocycles. The molecule has 1 aliphatic carbocycles. The zero-order chi connectivity index (χ0) is 8.39. The molecule has 12 heavy (non-hydrogen) atoms. The van der Waals surface area contributed by atoms with Gasteiger partial charge < -0.3 is 4.72 Å². The fourth-order valence-electron chi connectivity index (χ4n) is 1.84. The predicted molar refractivity (Wildman–Crippen MR) is 53.9 cm³/mol. The fraction of sp³-hybridized carbons (Fsp3) is 0.667. The largest absolute Gasteiger partial charge is 0.312 e. The summed E-state index contributed by atoms with van der Waals surface area (Å²) in [5.41, 5.74) is 0. The number of hydrogen-bond donors (Lipinski definition) is 1. The van der Waals surface area contributed by atoms with Gasteiger partial charge in [-0.25, -0.2) is 4.99 Å². The quantitative estimate of drug-likeness (QED) is 0.630. The maximum atomic E-state index is 4.39. The van der Waals surface area contributed by atoms with Crippen LogP contribution in [0.1, 0.15) is 32.1 Å². The summed E-state index contributed by atoms with van der Waals surface area (Å²) in [5.74, 6) is 1.86. The van der Waals surface area contributed by atoms with E-state index in [-0.39, 0.29) is 0 Å². The fourth-order valence-corrected chi connectivity index (χ4v) is 2.42. The molecular formula is C9H14N2S. The number of aliphatic imine (C=N–C) groups is 1. The monoisotopic (exact) mass is 182 g/mol. The van der Waals surface area contributed by atoms with Crippen molar-refractivity contribution < 1.29 is 0 Å². The minimum absolute atomic E-state index is 0.686. The molecule has 0 bridgehead atoms. The molecule has 2 rings (SSSR count). The van der Waals surface area contributed by atoms with E-state index in [2.05, 4.69) is 16.3 Å². The van der Waals surface area contributed by atoms with E-state index >= 15 is 0 Å². The van der Waals surface area contributed by atoms with Gasteiger partial charge in [0.05, 0.1) is 0 Å². The van der Waals surface area contributed by atoms with Crippen molar-refractivity contribution in [1.29, 1.82) is 0 Å². The molecule has 0 unspecified atom stereocenters. The topological polar surface area (TPSA) is 24.4 Å². The summed E-state index contributed by atoms with van der Waals surface area (Å²) in [6.07, 6.45) is 6.74. The Morgan fingerprint density at radius 1 is 1.33 bits per heavy atom. The van der Waals surface area contributed by atoms with Crippen molar-refractivity contribution in [3.05, 3.63) is 11.6 Å². The van der Waals surface area contributed by atoms with Gasteiger partial charge in [0.15, 0.2) is 0 Å². The van der Waals surface area contributed by atoms with Gasteiger partial charge in [0.1, 0.15) is 10.9 Å². The summed E-state index contributed by atoms with van der Waals surface area (Å²) in [7, 11) is 0. The van der Waals surface area contributed by atoms with Crippen molar-refractivity contribution in [3.63, 3.8) is 0 Å². The number of nitrogens with one attached hydrogen (secondary N) is 1. The first-order valence-electron chi connectivity index (χ1n) is 4.56. The highest BCUT2D eigenvalue weighted by atomic mass is 32.2. The van der Waals surface area contributed by atoms with Crippen LogP contribution >= 0.6 is 11.9 Å². The molecule has 2 aliphatic rings. The Bertz CT molecular complexity index is 217. The molecule has 66 valence electrons. The number of hydrogen-bond acceptors (Lipinski definition) is 3. The van der Waals surface area contributed by atoms with Crippen LogP contribution in [0.15, 0.2) is 16.6 Å². The molecule has 0 atom stereocenters. The van der Waals surface area contributed by atoms with Gasteiger partial charge in [0.25, 0.3) is 0 Å². The first-order valence-corrected chi connectivity index (χ1v) is 5.38. The van der Waals surface area contributed by atoms with Crippen LogP contribution in [-0.2, 0) is 0 Å². The molecule has 0 aromatic rings. The SMILES string of the molecule is C=C1N=C(C2CCCCC2)NS1. The van der Waals surface area contributed by atoms with Gasteiger partial charge in [-0.1, -0.05) is 25.8 Å². The van der Waals surface area contributed by atoms with E-state index in [0.29, 0.717) is 5.92 Å². The Balaban J connectivity index is 1.99. The van der Waals surface area contributed by atoms with Crippen LogP contribution in [0, 0.1) is 5.92 Å². The second kappa shape index (κ2) is 3.52. The molecule has 1 fully saturated rings. The second-order valence-corrected chi connectivity index (χ2v) is 4.31. The molecule has 1 N–H and O–H groups in total. The van der Waals surface area contributed by atoms with E-state index in [9.17, 15) is 0 Å². The summed E-state index contributed by atoms with van der Waals surface area (Å²) >= 11 is 1.55. The van der Waals surface area contributed by atoms with Crippen LogP contribution in [0.2, 0.25) is 0 Å². The third kappa shape index (κ3) is 1.66. The summed E-state index contributed by atoms with van der Waals surface area (Å²) < 4.78 is 3.24. The molecular weight excluding hydrogens is 168 g/mol. The molecule has 0 spiro atoms. The Morgan fingerprint density at radius 3 is 2.67 bits per heavy atom. The van der Waals surface area contributed by atoms with Crippen molar-refractivity contribution in [1.82, 2.24) is 4.72 Å². The van der Waals surface area contributed by atoms with Crippen LogP contribution < -0.4 is 4.72 Å². The lowest BCUT2D eigenvalue weighted by Gasteiger charge is -2.20. The smallest absolute Gasteiger partial charge is 0.116 e. The van der Waals surface area contributed by atoms with Gasteiger partial charge in [-0.15, -0.1) is 0 Å². The van der Waals surface area contributed by atoms with Crippen LogP contribution in [0.3, 0.4) is 0 Å². The van der Waals surface area contributed by atoms with Crippen molar-refractivity contribution in [2.75, 3.05) is 0 Å². The Hall–Kier alpha value is -0.440. The van der Waals surface area contributed by atoms with Crippen molar-refractivity contribution in [2.24, 2.45) is 10.9 Å². The zero-order valence-corrected chi connectivity index (χ0v) is 7.99. The predicted octanol–water partition coefficient (Wildman–Crippen LogP) is 2.69. The number of nitrogens with zero attached hydrogens (tertiary/aromatic N) is 1. The highest BCUT2D eigenvalue weighted by molar-refractivity contribution is 8.02. The van der Waals surface area contributed by atoms with Crippen LogP contribution in [0.5, 0.6) is 0 Å². The zero-order valence-electron chi connectivity index (χ0n) is 7.18. The summed E-state index contributed by atoms with van der Waals surface area (Å²) in [5, 5.41) is 0.913. The summed E-state index contributed by atoms with van der Waals surface area (Å²) in [6.45, 7) is 3.81. The molecule has 0 radical (unpaired) electrons. The third-order valence-electron chi connectivity index (χ3n) is 2.51. The average molecular weight is 182 g/mol. The molecule has 0 aromatic carbocycles. The molecule has 1 saturated carbocycles. The molecule has 0 aromatic heterocycles. The van der Waals surface area contributed by atoms with E-state index in [1.54, 1.807) is 11.9 Å². The van der Waals surface area contributed by atoms with Gasteiger partial charge >= 0.3 is 0 Å². The Kier molecular flexibility index (Phi) is 2.40. The van der Waals surface area contributed by atoms with Gasteiger partial charge in [0.2, 0.25) is 0 Å². The normalized spacial score (nSPS) is 25.3. The molecule has 0 saturated heterocycles. The van der Waals surface area contributed by atoms with E-state index in [4.69, 9.17) is 0 Å². The Labute approximate surface area is 77.7 Å². The molecule has 3 heteroatoms. The van der Waals surface area contributed by atoms with E-state index in [0.717, 1.165) is 5.03 Å². The maximum Gasteiger partial charge on any atom is 0.116 e. The lowest BCUT2D eigenvalue weighted by molar-refractivity contribution is 0.436. The molecule has 1 aliphatic heterocycles. The highest BCUT2D eigenvalue weighted by Crippen LogP contribution is 2.29. The minimum Gasteiger partial charge on any atom is -0.312 e. The highest BCUT2D eigenvalue weighted by Gasteiger charge is 2.22. The molecule has 0 amide bonds. The maximum absolute atomic E-state index is 4.39. The number of amidine groups is 1. The van der Waals surface area contributed by atoms with E-state index in [1.165, 1.54) is 37.9 Å². The van der Waals surface area contributed by atoms with Gasteiger partial charge in [0, 0.05) is 17.9 Å². The lowest BCUT2D eigenvalue weighted by Crippen LogP contribution is -2.24. The summed E-state index contributed by atoms with van der Waals surface area (Å²) in [4.78, 5) is 4.39. The van der Waals surface area contributed by atoms with Crippen molar-refractivity contribution in [2.45, 2.75) is 32.1 Å². The second-order valence-electron chi connectivity index (χ2n) is 3.43. The summed E-state index contributed by atoms with van der Waals surface area (Å²) in [6, 6.07) is 0.